The van der Waals surface area contributed by atoms with Crippen LogP contribution in [-0.2, 0) is 9.31 Å². The molecule has 4 nitrogen and oxygen atoms in total. The van der Waals surface area contributed by atoms with Crippen LogP contribution in [0.3, 0.4) is 0 Å². The zero-order valence-electron chi connectivity index (χ0n) is 12.2. The average Bonchev–Trinajstić information content (AvgIpc) is 2.77. The Bertz CT molecular complexity index is 351. The van der Waals surface area contributed by atoms with Crippen LogP contribution in [0.2, 0.25) is 5.82 Å². The minimum absolute atomic E-state index is 0.128. The van der Waals surface area contributed by atoms with Crippen molar-refractivity contribution < 1.29 is 9.31 Å². The Morgan fingerprint density at radius 3 is 2.26 bits per heavy atom. The first-order valence-corrected chi connectivity index (χ1v) is 7.70. The predicted molar refractivity (Wildman–Crippen MR) is 77.4 cm³/mol. The van der Waals surface area contributed by atoms with Crippen LogP contribution in [-0.4, -0.2) is 43.0 Å². The molecule has 3 heterocycles. The number of halogens is 1. The summed E-state index contributed by atoms with van der Waals surface area (Å²) in [6, 6.07) is 0. The van der Waals surface area contributed by atoms with E-state index in [0.717, 1.165) is 19.5 Å². The fourth-order valence-electron chi connectivity index (χ4n) is 3.34. The van der Waals surface area contributed by atoms with Gasteiger partial charge in [0.25, 0.3) is 0 Å². The van der Waals surface area contributed by atoms with Crippen LogP contribution in [0.15, 0.2) is 0 Å². The van der Waals surface area contributed by atoms with Gasteiger partial charge in [-0.2, -0.15) is 0 Å². The lowest BCUT2D eigenvalue weighted by molar-refractivity contribution is 0.00578. The standard InChI is InChI=1S/C13H24BClN2O2/c1-12(2)13(3,4)19-14(18-12)10-7-17-11-9(10)5-8(15)6-16-11/h8-11,16-17H,5-7H2,1-4H3. The van der Waals surface area contributed by atoms with E-state index in [9.17, 15) is 0 Å². The lowest BCUT2D eigenvalue weighted by Crippen LogP contribution is -2.50. The summed E-state index contributed by atoms with van der Waals surface area (Å²) in [6.07, 6.45) is 1.39. The van der Waals surface area contributed by atoms with Gasteiger partial charge in [-0.05, 0) is 46.6 Å². The summed E-state index contributed by atoms with van der Waals surface area (Å²) in [5.41, 5.74) is -0.504. The first kappa shape index (κ1) is 14.1. The number of hydrogen-bond donors (Lipinski definition) is 2. The van der Waals surface area contributed by atoms with Crippen molar-refractivity contribution in [2.45, 2.75) is 62.7 Å². The van der Waals surface area contributed by atoms with Crippen molar-refractivity contribution in [3.05, 3.63) is 0 Å². The highest BCUT2D eigenvalue weighted by atomic mass is 35.5. The zero-order valence-corrected chi connectivity index (χ0v) is 13.0. The molecule has 0 aromatic carbocycles. The van der Waals surface area contributed by atoms with Crippen molar-refractivity contribution >= 4 is 18.7 Å². The van der Waals surface area contributed by atoms with E-state index in [2.05, 4.69) is 38.3 Å². The third-order valence-electron chi connectivity index (χ3n) is 5.26. The third kappa shape index (κ3) is 2.34. The summed E-state index contributed by atoms with van der Waals surface area (Å²) < 4.78 is 12.4. The Hall–Kier alpha value is 0.195. The number of piperidine rings is 1. The van der Waals surface area contributed by atoms with Gasteiger partial charge < -0.3 is 19.9 Å². The first-order valence-electron chi connectivity index (χ1n) is 7.27. The minimum atomic E-state index is -0.252. The molecule has 0 saturated carbocycles. The molecule has 3 fully saturated rings. The number of rotatable bonds is 1. The summed E-state index contributed by atoms with van der Waals surface area (Å²) in [7, 11) is -0.128. The summed E-state index contributed by atoms with van der Waals surface area (Å²) in [5.74, 6) is 0.867. The summed E-state index contributed by atoms with van der Waals surface area (Å²) in [5, 5.41) is 7.22. The second kappa shape index (κ2) is 4.60. The van der Waals surface area contributed by atoms with Gasteiger partial charge in [0, 0.05) is 17.7 Å². The van der Waals surface area contributed by atoms with Crippen molar-refractivity contribution in [2.75, 3.05) is 13.1 Å². The lowest BCUT2D eigenvalue weighted by Gasteiger charge is -2.32. The maximum atomic E-state index is 6.30. The summed E-state index contributed by atoms with van der Waals surface area (Å²) in [6.45, 7) is 10.2. The van der Waals surface area contributed by atoms with Crippen molar-refractivity contribution in [2.24, 2.45) is 5.92 Å². The summed E-state index contributed by atoms with van der Waals surface area (Å²) >= 11 is 6.30. The molecule has 108 valence electrons. The van der Waals surface area contributed by atoms with Crippen molar-refractivity contribution in [1.29, 1.82) is 0 Å². The second-order valence-electron chi connectivity index (χ2n) is 7.08. The Labute approximate surface area is 121 Å². The third-order valence-corrected chi connectivity index (χ3v) is 5.59. The molecule has 3 aliphatic heterocycles. The molecule has 3 aliphatic rings. The number of hydrogen-bond acceptors (Lipinski definition) is 4. The van der Waals surface area contributed by atoms with Crippen molar-refractivity contribution in [3.63, 3.8) is 0 Å². The highest BCUT2D eigenvalue weighted by Gasteiger charge is 2.57. The molecule has 4 atom stereocenters. The SMILES string of the molecule is CC1(C)OB(C2CNC3NCC(Cl)CC32)OC1(C)C. The molecular formula is C13H24BClN2O2. The molecule has 0 bridgehead atoms. The molecule has 3 rings (SSSR count). The van der Waals surface area contributed by atoms with Gasteiger partial charge >= 0.3 is 7.12 Å². The van der Waals surface area contributed by atoms with Gasteiger partial charge in [-0.15, -0.1) is 11.6 Å². The average molecular weight is 287 g/mol. The van der Waals surface area contributed by atoms with Gasteiger partial charge in [-0.1, -0.05) is 0 Å². The van der Waals surface area contributed by atoms with Crippen molar-refractivity contribution in [3.8, 4) is 0 Å². The molecule has 0 aromatic rings. The van der Waals surface area contributed by atoms with E-state index in [1.54, 1.807) is 0 Å². The van der Waals surface area contributed by atoms with Gasteiger partial charge in [0.2, 0.25) is 0 Å². The fourth-order valence-corrected chi connectivity index (χ4v) is 3.64. The lowest BCUT2D eigenvalue weighted by atomic mass is 9.64. The fraction of sp³-hybridized carbons (Fsp3) is 1.00. The Kier molecular flexibility index (Phi) is 3.43. The maximum Gasteiger partial charge on any atom is 0.462 e. The molecule has 6 heteroatoms. The second-order valence-corrected chi connectivity index (χ2v) is 7.70. The normalized spacial score (nSPS) is 44.4. The molecular weight excluding hydrogens is 262 g/mol. The Morgan fingerprint density at radius 1 is 1.05 bits per heavy atom. The largest absolute Gasteiger partial charge is 0.462 e. The molecule has 0 radical (unpaired) electrons. The van der Waals surface area contributed by atoms with Gasteiger partial charge in [0.1, 0.15) is 0 Å². The molecule has 0 spiro atoms. The number of fused-ring (bicyclic) bond motifs is 1. The Morgan fingerprint density at radius 2 is 1.63 bits per heavy atom. The van der Waals surface area contributed by atoms with Crippen LogP contribution >= 0.6 is 11.6 Å². The van der Waals surface area contributed by atoms with Gasteiger partial charge in [-0.3, -0.25) is 0 Å². The van der Waals surface area contributed by atoms with Crippen LogP contribution < -0.4 is 10.6 Å². The van der Waals surface area contributed by atoms with Crippen LogP contribution in [0.25, 0.3) is 0 Å². The zero-order chi connectivity index (χ0) is 13.8. The topological polar surface area (TPSA) is 42.5 Å². The van der Waals surface area contributed by atoms with E-state index in [1.807, 2.05) is 0 Å². The highest BCUT2D eigenvalue weighted by Crippen LogP contribution is 2.45. The van der Waals surface area contributed by atoms with Crippen LogP contribution in [0, 0.1) is 5.92 Å². The van der Waals surface area contributed by atoms with E-state index >= 15 is 0 Å². The van der Waals surface area contributed by atoms with E-state index in [4.69, 9.17) is 20.9 Å². The molecule has 0 amide bonds. The molecule has 2 N–H and O–H groups in total. The van der Waals surface area contributed by atoms with Crippen LogP contribution in [0.4, 0.5) is 0 Å². The number of nitrogens with one attached hydrogen (secondary N) is 2. The highest BCUT2D eigenvalue weighted by molar-refractivity contribution is 6.47. The quantitative estimate of drug-likeness (QED) is 0.567. The van der Waals surface area contributed by atoms with Gasteiger partial charge in [0.15, 0.2) is 0 Å². The van der Waals surface area contributed by atoms with E-state index in [-0.39, 0.29) is 23.7 Å². The van der Waals surface area contributed by atoms with E-state index in [1.165, 1.54) is 0 Å². The molecule has 4 unspecified atom stereocenters. The van der Waals surface area contributed by atoms with E-state index in [0.29, 0.717) is 17.9 Å². The molecule has 0 aromatic heterocycles. The first-order chi connectivity index (χ1) is 8.80. The Balaban J connectivity index is 1.74. The monoisotopic (exact) mass is 286 g/mol. The number of alkyl halides is 1. The van der Waals surface area contributed by atoms with Crippen molar-refractivity contribution in [1.82, 2.24) is 10.6 Å². The maximum absolute atomic E-state index is 6.30. The molecule has 19 heavy (non-hydrogen) atoms. The van der Waals surface area contributed by atoms with E-state index < -0.39 is 0 Å². The molecule has 0 aliphatic carbocycles. The minimum Gasteiger partial charge on any atom is -0.403 e. The smallest absolute Gasteiger partial charge is 0.403 e. The molecule has 3 saturated heterocycles. The van der Waals surface area contributed by atoms with Crippen LogP contribution in [0.5, 0.6) is 0 Å². The van der Waals surface area contributed by atoms with Gasteiger partial charge in [-0.25, -0.2) is 0 Å². The van der Waals surface area contributed by atoms with Crippen LogP contribution in [0.1, 0.15) is 34.1 Å². The van der Waals surface area contributed by atoms with Gasteiger partial charge in [0.05, 0.1) is 17.4 Å². The predicted octanol–water partition coefficient (Wildman–Crippen LogP) is 1.60. The summed E-state index contributed by atoms with van der Waals surface area (Å²) in [4.78, 5) is 0.